The highest BCUT2D eigenvalue weighted by Gasteiger charge is 2.17. The molecule has 0 amide bonds. The number of ether oxygens (including phenoxy) is 2. The average Bonchev–Trinajstić information content (AvgIpc) is 2.53. The lowest BCUT2D eigenvalue weighted by molar-refractivity contribution is -0.00000573. The maximum atomic E-state index is 5.69. The van der Waals surface area contributed by atoms with Crippen molar-refractivity contribution in [3.05, 3.63) is 47.5 Å². The van der Waals surface area contributed by atoms with E-state index < -0.39 is 0 Å². The van der Waals surface area contributed by atoms with Gasteiger partial charge in [0.2, 0.25) is 0 Å². The molecule has 0 aliphatic carbocycles. The summed E-state index contributed by atoms with van der Waals surface area (Å²) < 4.78 is 11.2. The number of hydrogen-bond donors (Lipinski definition) is 1. The van der Waals surface area contributed by atoms with Crippen molar-refractivity contribution in [2.24, 2.45) is 5.73 Å². The van der Waals surface area contributed by atoms with Crippen LogP contribution in [-0.2, 0) is 11.8 Å². The third-order valence-corrected chi connectivity index (χ3v) is 4.08. The van der Waals surface area contributed by atoms with Gasteiger partial charge in [0.1, 0.15) is 0 Å². The molecule has 0 radical (unpaired) electrons. The molecule has 2 aromatic rings. The maximum absolute atomic E-state index is 5.69. The monoisotopic (exact) mass is 440 g/mol. The first-order valence-corrected chi connectivity index (χ1v) is 7.97. The van der Waals surface area contributed by atoms with Gasteiger partial charge < -0.3 is 39.2 Å². The molecule has 0 spiro atoms. The molecular weight excluding hydrogens is 413 g/mol. The molecule has 0 heterocycles. The van der Waals surface area contributed by atoms with Crippen LogP contribution >= 0.6 is 0 Å². The van der Waals surface area contributed by atoms with Gasteiger partial charge in [0, 0.05) is 5.56 Å². The molecule has 4 heteroatoms. The molecule has 0 unspecified atom stereocenters. The lowest BCUT2D eigenvalue weighted by Crippen LogP contribution is -3.00. The summed E-state index contributed by atoms with van der Waals surface area (Å²) in [5, 5.41) is 0. The van der Waals surface area contributed by atoms with Crippen molar-refractivity contribution in [1.29, 1.82) is 0 Å². The second-order valence-corrected chi connectivity index (χ2v) is 6.70. The molecule has 2 aromatic carbocycles. The molecule has 0 aromatic heterocycles. The van der Waals surface area contributed by atoms with Crippen LogP contribution in [-0.4, -0.2) is 20.8 Å². The van der Waals surface area contributed by atoms with E-state index in [1.165, 1.54) is 5.56 Å². The zero-order valence-corrected chi connectivity index (χ0v) is 17.3. The number of halogens is 1. The van der Waals surface area contributed by atoms with E-state index in [2.05, 4.69) is 57.2 Å². The topological polar surface area (TPSA) is 44.5 Å². The molecule has 0 aliphatic heterocycles. The number of hydrogen-bond acceptors (Lipinski definition) is 3. The standard InChI is InChI=1S/C20H27NO2.HI/c1-20(2,3)16-9-6-14(7-10-16)17-11-8-15(12-13-21)18(22-4)19(17)23-5;/h6-11H,12-13,21H2,1-5H3;1H/p-1. The van der Waals surface area contributed by atoms with Crippen molar-refractivity contribution >= 4 is 0 Å². The first-order valence-electron chi connectivity index (χ1n) is 7.97. The van der Waals surface area contributed by atoms with Crippen LogP contribution in [0, 0.1) is 0 Å². The van der Waals surface area contributed by atoms with E-state index in [9.17, 15) is 0 Å². The van der Waals surface area contributed by atoms with E-state index >= 15 is 0 Å². The Hall–Kier alpha value is -1.27. The largest absolute Gasteiger partial charge is 1.00 e. The van der Waals surface area contributed by atoms with Crippen LogP contribution in [0.4, 0.5) is 0 Å². The summed E-state index contributed by atoms with van der Waals surface area (Å²) in [6, 6.07) is 12.8. The molecular formula is C20H27INO2-. The van der Waals surface area contributed by atoms with Crippen LogP contribution < -0.4 is 39.2 Å². The minimum absolute atomic E-state index is 0. The fourth-order valence-corrected chi connectivity index (χ4v) is 2.76. The van der Waals surface area contributed by atoms with Gasteiger partial charge in [0.15, 0.2) is 11.5 Å². The zero-order chi connectivity index (χ0) is 17.0. The van der Waals surface area contributed by atoms with E-state index in [0.717, 1.165) is 34.6 Å². The first kappa shape index (κ1) is 20.8. The van der Waals surface area contributed by atoms with E-state index in [-0.39, 0.29) is 29.4 Å². The van der Waals surface area contributed by atoms with Gasteiger partial charge in [-0.1, -0.05) is 57.2 Å². The highest BCUT2D eigenvalue weighted by Crippen LogP contribution is 2.41. The molecule has 0 aliphatic rings. The normalized spacial score (nSPS) is 10.9. The lowest BCUT2D eigenvalue weighted by Gasteiger charge is -2.20. The Balaban J connectivity index is 0.00000288. The Kier molecular flexibility index (Phi) is 7.55. The van der Waals surface area contributed by atoms with Crippen molar-refractivity contribution in [2.75, 3.05) is 20.8 Å². The van der Waals surface area contributed by atoms with Gasteiger partial charge in [-0.15, -0.1) is 0 Å². The minimum atomic E-state index is 0. The maximum Gasteiger partial charge on any atom is 0.168 e. The van der Waals surface area contributed by atoms with E-state index in [0.29, 0.717) is 6.54 Å². The Morgan fingerprint density at radius 2 is 1.46 bits per heavy atom. The predicted molar refractivity (Wildman–Crippen MR) is 96.4 cm³/mol. The molecule has 0 saturated heterocycles. The highest BCUT2D eigenvalue weighted by atomic mass is 127. The van der Waals surface area contributed by atoms with E-state index in [1.807, 2.05) is 0 Å². The molecule has 132 valence electrons. The molecule has 2 rings (SSSR count). The second-order valence-electron chi connectivity index (χ2n) is 6.70. The summed E-state index contributed by atoms with van der Waals surface area (Å²) in [7, 11) is 3.35. The molecule has 24 heavy (non-hydrogen) atoms. The van der Waals surface area contributed by atoms with Crippen LogP contribution in [0.3, 0.4) is 0 Å². The Labute approximate surface area is 162 Å². The van der Waals surface area contributed by atoms with Gasteiger partial charge in [0.25, 0.3) is 0 Å². The van der Waals surface area contributed by atoms with Crippen LogP contribution in [0.5, 0.6) is 11.5 Å². The third-order valence-electron chi connectivity index (χ3n) is 4.08. The van der Waals surface area contributed by atoms with Gasteiger partial charge in [-0.05, 0) is 35.1 Å². The molecule has 2 N–H and O–H groups in total. The summed E-state index contributed by atoms with van der Waals surface area (Å²) in [5.41, 5.74) is 10.4. The smallest absolute Gasteiger partial charge is 0.168 e. The molecule has 0 saturated carbocycles. The SMILES string of the molecule is COc1c(CCN)ccc(-c2ccc(C(C)(C)C)cc2)c1OC.[I-]. The number of benzene rings is 2. The van der Waals surface area contributed by atoms with E-state index in [4.69, 9.17) is 15.2 Å². The Bertz CT molecular complexity index is 661. The first-order chi connectivity index (χ1) is 10.9. The molecule has 0 fully saturated rings. The van der Waals surface area contributed by atoms with E-state index in [1.54, 1.807) is 14.2 Å². The van der Waals surface area contributed by atoms with Crippen molar-refractivity contribution in [3.63, 3.8) is 0 Å². The summed E-state index contributed by atoms with van der Waals surface area (Å²) in [4.78, 5) is 0. The van der Waals surface area contributed by atoms with Crippen LogP contribution in [0.1, 0.15) is 31.9 Å². The lowest BCUT2D eigenvalue weighted by atomic mass is 9.86. The van der Waals surface area contributed by atoms with Crippen molar-refractivity contribution in [3.8, 4) is 22.6 Å². The van der Waals surface area contributed by atoms with Gasteiger partial charge in [-0.2, -0.15) is 0 Å². The summed E-state index contributed by atoms with van der Waals surface area (Å²) in [6.07, 6.45) is 0.767. The third kappa shape index (κ3) is 4.42. The van der Waals surface area contributed by atoms with Gasteiger partial charge >= 0.3 is 0 Å². The molecule has 3 nitrogen and oxygen atoms in total. The average molecular weight is 440 g/mol. The molecule has 0 bridgehead atoms. The summed E-state index contributed by atoms with van der Waals surface area (Å²) in [6.45, 7) is 7.23. The predicted octanol–water partition coefficient (Wildman–Crippen LogP) is 1.17. The van der Waals surface area contributed by atoms with Crippen LogP contribution in [0.25, 0.3) is 11.1 Å². The van der Waals surface area contributed by atoms with Crippen LogP contribution in [0.15, 0.2) is 36.4 Å². The fourth-order valence-electron chi connectivity index (χ4n) is 2.76. The molecule has 0 atom stereocenters. The number of nitrogens with two attached hydrogens (primary N) is 1. The number of methoxy groups -OCH3 is 2. The van der Waals surface area contributed by atoms with Crippen molar-refractivity contribution in [2.45, 2.75) is 32.6 Å². The zero-order valence-electron chi connectivity index (χ0n) is 15.2. The quantitative estimate of drug-likeness (QED) is 0.711. The van der Waals surface area contributed by atoms with Crippen molar-refractivity contribution < 1.29 is 33.5 Å². The highest BCUT2D eigenvalue weighted by molar-refractivity contribution is 5.75. The minimum Gasteiger partial charge on any atom is -1.00 e. The Morgan fingerprint density at radius 1 is 0.875 bits per heavy atom. The van der Waals surface area contributed by atoms with Gasteiger partial charge in [0.05, 0.1) is 14.2 Å². The van der Waals surface area contributed by atoms with Crippen LogP contribution in [0.2, 0.25) is 0 Å². The summed E-state index contributed by atoms with van der Waals surface area (Å²) >= 11 is 0. The van der Waals surface area contributed by atoms with Gasteiger partial charge in [-0.25, -0.2) is 0 Å². The number of rotatable bonds is 5. The second kappa shape index (κ2) is 8.72. The van der Waals surface area contributed by atoms with Gasteiger partial charge in [-0.3, -0.25) is 0 Å². The summed E-state index contributed by atoms with van der Waals surface area (Å²) in [5.74, 6) is 1.54. The Morgan fingerprint density at radius 3 is 1.92 bits per heavy atom. The van der Waals surface area contributed by atoms with Crippen molar-refractivity contribution in [1.82, 2.24) is 0 Å². The fraction of sp³-hybridized carbons (Fsp3) is 0.400.